The molecule has 0 aromatic carbocycles. The third kappa shape index (κ3) is 2.33. The average molecular weight is 316 g/mol. The highest BCUT2D eigenvalue weighted by atomic mass is 32.1. The van der Waals surface area contributed by atoms with Gasteiger partial charge in [-0.3, -0.25) is 9.30 Å². The molecule has 21 heavy (non-hydrogen) atoms. The first kappa shape index (κ1) is 13.2. The lowest BCUT2D eigenvalue weighted by Crippen LogP contribution is -2.26. The van der Waals surface area contributed by atoms with Crippen LogP contribution in [0.15, 0.2) is 41.9 Å². The Kier molecular flexibility index (Phi) is 3.37. The van der Waals surface area contributed by atoms with Crippen LogP contribution in [0, 0.1) is 4.77 Å². The highest BCUT2D eigenvalue weighted by Crippen LogP contribution is 2.34. The molecule has 1 atom stereocenters. The normalized spacial score (nSPS) is 19.5. The zero-order valence-corrected chi connectivity index (χ0v) is 13.2. The largest absolute Gasteiger partial charge is 0.276 e. The van der Waals surface area contributed by atoms with Crippen molar-refractivity contribution >= 4 is 29.2 Å². The monoisotopic (exact) mass is 316 g/mol. The van der Waals surface area contributed by atoms with Crippen LogP contribution in [-0.4, -0.2) is 25.6 Å². The first-order valence-corrected chi connectivity index (χ1v) is 8.43. The molecular formula is C15H16N4S2. The van der Waals surface area contributed by atoms with E-state index < -0.39 is 0 Å². The summed E-state index contributed by atoms with van der Waals surface area (Å²) in [6.45, 7) is 1.88. The van der Waals surface area contributed by atoms with Gasteiger partial charge < -0.3 is 0 Å². The van der Waals surface area contributed by atoms with Crippen LogP contribution in [0.3, 0.4) is 0 Å². The summed E-state index contributed by atoms with van der Waals surface area (Å²) in [6, 6.07) is 10.8. The van der Waals surface area contributed by atoms with Crippen molar-refractivity contribution in [1.82, 2.24) is 19.1 Å². The smallest absolute Gasteiger partial charge is 0.203 e. The number of pyridine rings is 1. The van der Waals surface area contributed by atoms with E-state index in [1.54, 1.807) is 0 Å². The van der Waals surface area contributed by atoms with Crippen LogP contribution >= 0.6 is 23.6 Å². The molecule has 0 saturated carbocycles. The summed E-state index contributed by atoms with van der Waals surface area (Å²) in [4.78, 5) is 3.93. The summed E-state index contributed by atoms with van der Waals surface area (Å²) in [5.41, 5.74) is 0.911. The van der Waals surface area contributed by atoms with Crippen molar-refractivity contribution in [3.05, 3.63) is 51.6 Å². The Hall–Kier alpha value is -1.50. The van der Waals surface area contributed by atoms with Crippen molar-refractivity contribution in [3.63, 3.8) is 0 Å². The highest BCUT2D eigenvalue weighted by Gasteiger charge is 2.27. The minimum Gasteiger partial charge on any atom is -0.276 e. The third-order valence-corrected chi connectivity index (χ3v) is 5.42. The van der Waals surface area contributed by atoms with E-state index in [0.717, 1.165) is 23.6 Å². The molecule has 0 spiro atoms. The Bertz CT molecular complexity index is 803. The molecule has 3 aromatic rings. The number of rotatable bonds is 3. The van der Waals surface area contributed by atoms with E-state index in [1.165, 1.54) is 17.7 Å². The van der Waals surface area contributed by atoms with Gasteiger partial charge in [-0.2, -0.15) is 5.10 Å². The average Bonchev–Trinajstić information content (AvgIpc) is 3.21. The number of hydrogen-bond acceptors (Lipinski definition) is 4. The van der Waals surface area contributed by atoms with Crippen molar-refractivity contribution in [2.24, 2.45) is 0 Å². The van der Waals surface area contributed by atoms with E-state index >= 15 is 0 Å². The fraction of sp³-hybridized carbons (Fsp3) is 0.333. The Morgan fingerprint density at radius 2 is 2.24 bits per heavy atom. The third-order valence-electron chi connectivity index (χ3n) is 4.04. The van der Waals surface area contributed by atoms with E-state index in [-0.39, 0.29) is 0 Å². The summed E-state index contributed by atoms with van der Waals surface area (Å²) in [7, 11) is 0. The van der Waals surface area contributed by atoms with E-state index in [2.05, 4.69) is 27.5 Å². The molecule has 0 radical (unpaired) electrons. The van der Waals surface area contributed by atoms with Crippen molar-refractivity contribution in [2.45, 2.75) is 25.6 Å². The van der Waals surface area contributed by atoms with Gasteiger partial charge in [-0.15, -0.1) is 11.3 Å². The van der Waals surface area contributed by atoms with Gasteiger partial charge in [0.25, 0.3) is 0 Å². The second-order valence-corrected chi connectivity index (χ2v) is 6.68. The number of likely N-dealkylation sites (tertiary alicyclic amines) is 1. The molecule has 0 N–H and O–H groups in total. The number of hydrogen-bond donors (Lipinski definition) is 0. The van der Waals surface area contributed by atoms with Gasteiger partial charge in [-0.25, -0.2) is 4.68 Å². The summed E-state index contributed by atoms with van der Waals surface area (Å²) >= 11 is 7.38. The number of fused-ring (bicyclic) bond motifs is 1. The topological polar surface area (TPSA) is 25.5 Å². The minimum atomic E-state index is 0.511. The Labute approximate surface area is 132 Å². The molecule has 4 heterocycles. The van der Waals surface area contributed by atoms with Gasteiger partial charge in [0.15, 0.2) is 5.65 Å². The number of nitrogens with zero attached hydrogens (tertiary/aromatic N) is 4. The van der Waals surface area contributed by atoms with Gasteiger partial charge in [-0.05, 0) is 48.6 Å². The maximum Gasteiger partial charge on any atom is 0.203 e. The van der Waals surface area contributed by atoms with Crippen LogP contribution in [0.25, 0.3) is 5.65 Å². The SMILES string of the molecule is S=c1n(CN2CCC[C@@H]2c2cccs2)nc2ccccn12. The second kappa shape index (κ2) is 5.36. The molecular weight excluding hydrogens is 300 g/mol. The second-order valence-electron chi connectivity index (χ2n) is 5.34. The van der Waals surface area contributed by atoms with Gasteiger partial charge in [0.05, 0.1) is 6.67 Å². The lowest BCUT2D eigenvalue weighted by Gasteiger charge is -2.23. The molecule has 1 aliphatic heterocycles. The van der Waals surface area contributed by atoms with Gasteiger partial charge in [-0.1, -0.05) is 12.1 Å². The zero-order chi connectivity index (χ0) is 14.2. The minimum absolute atomic E-state index is 0.511. The predicted molar refractivity (Wildman–Crippen MR) is 87.0 cm³/mol. The number of aromatic nitrogens is 3. The van der Waals surface area contributed by atoms with Crippen molar-refractivity contribution in [1.29, 1.82) is 0 Å². The summed E-state index contributed by atoms with van der Waals surface area (Å²) in [5.74, 6) is 0. The van der Waals surface area contributed by atoms with Crippen LogP contribution in [0.4, 0.5) is 0 Å². The highest BCUT2D eigenvalue weighted by molar-refractivity contribution is 7.71. The standard InChI is InChI=1S/C15H16N4S2/c20-15-18-9-2-1-7-14(18)16-19(15)11-17-8-3-5-12(17)13-6-4-10-21-13/h1-2,4,6-7,9-10,12H,3,5,8,11H2/t12-/m1/s1. The van der Waals surface area contributed by atoms with Crippen molar-refractivity contribution in [3.8, 4) is 0 Å². The molecule has 0 bridgehead atoms. The van der Waals surface area contributed by atoms with Crippen molar-refractivity contribution < 1.29 is 0 Å². The molecule has 0 aliphatic carbocycles. The molecule has 6 heteroatoms. The lowest BCUT2D eigenvalue weighted by molar-refractivity contribution is 0.192. The van der Waals surface area contributed by atoms with Crippen LogP contribution in [-0.2, 0) is 6.67 Å². The van der Waals surface area contributed by atoms with Gasteiger partial charge in [0.1, 0.15) is 0 Å². The Morgan fingerprint density at radius 1 is 1.29 bits per heavy atom. The van der Waals surface area contributed by atoms with Crippen LogP contribution < -0.4 is 0 Å². The first-order valence-electron chi connectivity index (χ1n) is 7.14. The van der Waals surface area contributed by atoms with Gasteiger partial charge in [0, 0.05) is 23.7 Å². The molecule has 1 aliphatic rings. The number of thiophene rings is 1. The van der Waals surface area contributed by atoms with E-state index in [9.17, 15) is 0 Å². The van der Waals surface area contributed by atoms with Crippen LogP contribution in [0.1, 0.15) is 23.8 Å². The van der Waals surface area contributed by atoms with E-state index in [0.29, 0.717) is 6.04 Å². The fourth-order valence-corrected chi connectivity index (χ4v) is 4.18. The van der Waals surface area contributed by atoms with Gasteiger partial charge >= 0.3 is 0 Å². The van der Waals surface area contributed by atoms with Crippen LogP contribution in [0.2, 0.25) is 0 Å². The summed E-state index contributed by atoms with van der Waals surface area (Å²) < 4.78 is 4.67. The molecule has 4 nitrogen and oxygen atoms in total. The first-order chi connectivity index (χ1) is 10.3. The maximum atomic E-state index is 5.54. The lowest BCUT2D eigenvalue weighted by atomic mass is 10.2. The Morgan fingerprint density at radius 3 is 3.05 bits per heavy atom. The molecule has 1 fully saturated rings. The van der Waals surface area contributed by atoms with Crippen molar-refractivity contribution in [2.75, 3.05) is 6.54 Å². The summed E-state index contributed by atoms with van der Waals surface area (Å²) in [5, 5.41) is 6.78. The maximum absolute atomic E-state index is 5.54. The quantitative estimate of drug-likeness (QED) is 0.689. The fourth-order valence-electron chi connectivity index (χ4n) is 3.03. The molecule has 4 rings (SSSR count). The zero-order valence-electron chi connectivity index (χ0n) is 11.6. The predicted octanol–water partition coefficient (Wildman–Crippen LogP) is 3.72. The Balaban J connectivity index is 1.65. The molecule has 1 saturated heterocycles. The molecule has 3 aromatic heterocycles. The molecule has 0 unspecified atom stereocenters. The van der Waals surface area contributed by atoms with Gasteiger partial charge in [0.2, 0.25) is 4.77 Å². The molecule has 108 valence electrons. The molecule has 0 amide bonds. The van der Waals surface area contributed by atoms with E-state index in [4.69, 9.17) is 12.2 Å². The summed E-state index contributed by atoms with van der Waals surface area (Å²) in [6.07, 6.45) is 4.44. The van der Waals surface area contributed by atoms with E-state index in [1.807, 2.05) is 44.8 Å². The van der Waals surface area contributed by atoms with Crippen LogP contribution in [0.5, 0.6) is 0 Å².